The quantitative estimate of drug-likeness (QED) is 0.780. The van der Waals surface area contributed by atoms with Crippen molar-refractivity contribution in [2.75, 3.05) is 25.2 Å². The second-order valence-corrected chi connectivity index (χ2v) is 4.53. The second-order valence-electron chi connectivity index (χ2n) is 4.53. The normalized spacial score (nSPS) is 11.7. The van der Waals surface area contributed by atoms with E-state index >= 15 is 0 Å². The average Bonchev–Trinajstić information content (AvgIpc) is 2.44. The molecular formula is C14H17NO6. The lowest BCUT2D eigenvalue weighted by Gasteiger charge is -2.24. The molecule has 0 heterocycles. The second kappa shape index (κ2) is 7.39. The maximum Gasteiger partial charge on any atom is 0.335 e. The number of carbonyl (C=O) groups excluding carboxylic acids is 1. The van der Waals surface area contributed by atoms with Gasteiger partial charge in [-0.05, 0) is 18.2 Å². The molecule has 0 aromatic heterocycles. The number of methoxy groups -OCH3 is 1. The van der Waals surface area contributed by atoms with E-state index in [1.165, 1.54) is 37.1 Å². The minimum Gasteiger partial charge on any atom is -0.481 e. The van der Waals surface area contributed by atoms with Crippen LogP contribution in [0.4, 0.5) is 5.69 Å². The Balaban J connectivity index is 3.10. The predicted octanol–water partition coefficient (Wildman–Crippen LogP) is 1.08. The number of ether oxygens (including phenoxy) is 1. The third-order valence-electron chi connectivity index (χ3n) is 2.85. The molecule has 1 aromatic rings. The summed E-state index contributed by atoms with van der Waals surface area (Å²) in [7, 11) is 1.35. The molecule has 1 aromatic carbocycles. The molecule has 0 bridgehead atoms. The number of benzene rings is 1. The largest absolute Gasteiger partial charge is 0.481 e. The van der Waals surface area contributed by atoms with E-state index in [1.807, 2.05) is 0 Å². The summed E-state index contributed by atoms with van der Waals surface area (Å²) in [4.78, 5) is 35.2. The number of hydrogen-bond acceptors (Lipinski definition) is 4. The van der Waals surface area contributed by atoms with E-state index in [0.29, 0.717) is 5.69 Å². The molecule has 114 valence electrons. The number of hydrogen-bond donors (Lipinski definition) is 2. The van der Waals surface area contributed by atoms with E-state index in [4.69, 9.17) is 14.9 Å². The first-order chi connectivity index (χ1) is 9.86. The van der Waals surface area contributed by atoms with Gasteiger partial charge in [0.25, 0.3) is 5.91 Å². The summed E-state index contributed by atoms with van der Waals surface area (Å²) in [6, 6.07) is 5.77. The van der Waals surface area contributed by atoms with Crippen molar-refractivity contribution in [3.8, 4) is 0 Å². The molecule has 1 amide bonds. The standard InChI is InChI=1S/C14H17NO6/c1-9(13(17)18)7-15(12(16)8-21-2)11-5-3-4-10(6-11)14(19)20/h3-6,9H,7-8H2,1-2H3,(H,17,18)(H,19,20). The summed E-state index contributed by atoms with van der Waals surface area (Å²) in [6.07, 6.45) is 0. The van der Waals surface area contributed by atoms with Crippen molar-refractivity contribution >= 4 is 23.5 Å². The van der Waals surface area contributed by atoms with Gasteiger partial charge >= 0.3 is 11.9 Å². The zero-order valence-corrected chi connectivity index (χ0v) is 11.8. The highest BCUT2D eigenvalue weighted by Crippen LogP contribution is 2.18. The molecule has 0 saturated heterocycles. The van der Waals surface area contributed by atoms with Crippen LogP contribution in [0.5, 0.6) is 0 Å². The number of aromatic carboxylic acids is 1. The molecular weight excluding hydrogens is 278 g/mol. The van der Waals surface area contributed by atoms with E-state index in [9.17, 15) is 14.4 Å². The third kappa shape index (κ3) is 4.57. The maximum atomic E-state index is 12.0. The van der Waals surface area contributed by atoms with Gasteiger partial charge in [0, 0.05) is 19.3 Å². The lowest BCUT2D eigenvalue weighted by Crippen LogP contribution is -2.39. The number of rotatable bonds is 7. The Morgan fingerprint density at radius 3 is 2.48 bits per heavy atom. The molecule has 2 N–H and O–H groups in total. The molecule has 0 saturated carbocycles. The minimum absolute atomic E-state index is 0.0192. The summed E-state index contributed by atoms with van der Waals surface area (Å²) in [5.74, 6) is -3.39. The molecule has 7 nitrogen and oxygen atoms in total. The average molecular weight is 295 g/mol. The highest BCUT2D eigenvalue weighted by molar-refractivity contribution is 5.96. The number of carboxylic acids is 2. The minimum atomic E-state index is -1.12. The molecule has 0 radical (unpaired) electrons. The molecule has 1 unspecified atom stereocenters. The van der Waals surface area contributed by atoms with Crippen molar-refractivity contribution < 1.29 is 29.3 Å². The predicted molar refractivity (Wildman–Crippen MR) is 74.4 cm³/mol. The summed E-state index contributed by atoms with van der Waals surface area (Å²) in [5.41, 5.74) is 0.343. The summed E-state index contributed by atoms with van der Waals surface area (Å²) in [5, 5.41) is 17.9. The first kappa shape index (κ1) is 16.6. The first-order valence-electron chi connectivity index (χ1n) is 6.22. The Hall–Kier alpha value is -2.41. The zero-order chi connectivity index (χ0) is 16.0. The van der Waals surface area contributed by atoms with Crippen LogP contribution in [-0.4, -0.2) is 48.3 Å². The SMILES string of the molecule is COCC(=O)N(CC(C)C(=O)O)c1cccc(C(=O)O)c1. The first-order valence-corrected chi connectivity index (χ1v) is 6.22. The van der Waals surface area contributed by atoms with E-state index in [2.05, 4.69) is 0 Å². The van der Waals surface area contributed by atoms with Gasteiger partial charge < -0.3 is 19.8 Å². The number of amides is 1. The van der Waals surface area contributed by atoms with Crippen molar-refractivity contribution in [3.05, 3.63) is 29.8 Å². The van der Waals surface area contributed by atoms with Gasteiger partial charge in [-0.25, -0.2) is 4.79 Å². The fourth-order valence-electron chi connectivity index (χ4n) is 1.71. The monoisotopic (exact) mass is 295 g/mol. The molecule has 1 atom stereocenters. The fourth-order valence-corrected chi connectivity index (χ4v) is 1.71. The van der Waals surface area contributed by atoms with Crippen LogP contribution < -0.4 is 4.90 Å². The van der Waals surface area contributed by atoms with Gasteiger partial charge in [0.2, 0.25) is 0 Å². The zero-order valence-electron chi connectivity index (χ0n) is 11.8. The van der Waals surface area contributed by atoms with Crippen LogP contribution in [0.15, 0.2) is 24.3 Å². The topological polar surface area (TPSA) is 104 Å². The Morgan fingerprint density at radius 1 is 1.29 bits per heavy atom. The van der Waals surface area contributed by atoms with Crippen molar-refractivity contribution in [1.82, 2.24) is 0 Å². The lowest BCUT2D eigenvalue weighted by atomic mass is 10.1. The number of anilines is 1. The van der Waals surface area contributed by atoms with Crippen molar-refractivity contribution in [3.63, 3.8) is 0 Å². The Morgan fingerprint density at radius 2 is 1.95 bits per heavy atom. The fraction of sp³-hybridized carbons (Fsp3) is 0.357. The molecule has 0 aliphatic carbocycles. The smallest absolute Gasteiger partial charge is 0.335 e. The van der Waals surface area contributed by atoms with Crippen LogP contribution in [0.3, 0.4) is 0 Å². The van der Waals surface area contributed by atoms with Crippen LogP contribution in [-0.2, 0) is 14.3 Å². The van der Waals surface area contributed by atoms with Gasteiger partial charge in [0.05, 0.1) is 11.5 Å². The van der Waals surface area contributed by atoms with Crippen LogP contribution in [0.1, 0.15) is 17.3 Å². The molecule has 21 heavy (non-hydrogen) atoms. The Kier molecular flexibility index (Phi) is 5.86. The third-order valence-corrected chi connectivity index (χ3v) is 2.85. The highest BCUT2D eigenvalue weighted by atomic mass is 16.5. The lowest BCUT2D eigenvalue weighted by molar-refractivity contribution is -0.140. The van der Waals surface area contributed by atoms with E-state index < -0.39 is 23.8 Å². The van der Waals surface area contributed by atoms with Gasteiger partial charge in [-0.2, -0.15) is 0 Å². The summed E-state index contributed by atoms with van der Waals surface area (Å²) < 4.78 is 4.77. The maximum absolute atomic E-state index is 12.0. The molecule has 0 aliphatic heterocycles. The van der Waals surface area contributed by atoms with Crippen molar-refractivity contribution in [1.29, 1.82) is 0 Å². The summed E-state index contributed by atoms with van der Waals surface area (Å²) in [6.45, 7) is 1.18. The van der Waals surface area contributed by atoms with Gasteiger partial charge in [0.1, 0.15) is 6.61 Å². The van der Waals surface area contributed by atoms with Gasteiger partial charge in [-0.15, -0.1) is 0 Å². The Labute approximate surface area is 121 Å². The van der Waals surface area contributed by atoms with Crippen LogP contribution in [0.25, 0.3) is 0 Å². The van der Waals surface area contributed by atoms with Crippen molar-refractivity contribution in [2.24, 2.45) is 5.92 Å². The molecule has 0 spiro atoms. The van der Waals surface area contributed by atoms with E-state index in [0.717, 1.165) is 0 Å². The molecule has 1 rings (SSSR count). The van der Waals surface area contributed by atoms with Crippen molar-refractivity contribution in [2.45, 2.75) is 6.92 Å². The van der Waals surface area contributed by atoms with E-state index in [-0.39, 0.29) is 18.7 Å². The molecule has 0 aliphatic rings. The molecule has 7 heteroatoms. The highest BCUT2D eigenvalue weighted by Gasteiger charge is 2.22. The Bertz CT molecular complexity index is 542. The van der Waals surface area contributed by atoms with Gasteiger partial charge in [0.15, 0.2) is 0 Å². The van der Waals surface area contributed by atoms with E-state index in [1.54, 1.807) is 6.07 Å². The van der Waals surface area contributed by atoms with Gasteiger partial charge in [-0.3, -0.25) is 9.59 Å². The number of carboxylic acid groups (broad SMARTS) is 2. The number of aliphatic carboxylic acids is 1. The number of carbonyl (C=O) groups is 3. The number of nitrogens with zero attached hydrogens (tertiary/aromatic N) is 1. The van der Waals surface area contributed by atoms with Crippen LogP contribution >= 0.6 is 0 Å². The van der Waals surface area contributed by atoms with Crippen LogP contribution in [0.2, 0.25) is 0 Å². The molecule has 0 fully saturated rings. The summed E-state index contributed by atoms with van der Waals surface area (Å²) >= 11 is 0. The van der Waals surface area contributed by atoms with Gasteiger partial charge in [-0.1, -0.05) is 13.0 Å². The van der Waals surface area contributed by atoms with Crippen LogP contribution in [0, 0.1) is 5.92 Å².